The molecule has 0 spiro atoms. The van der Waals surface area contributed by atoms with Crippen LogP contribution in [0.4, 0.5) is 0 Å². The molecule has 0 radical (unpaired) electrons. The van der Waals surface area contributed by atoms with E-state index in [0.717, 1.165) is 18.5 Å². The largest absolute Gasteiger partial charge is 0.381 e. The van der Waals surface area contributed by atoms with Crippen molar-refractivity contribution in [3.05, 3.63) is 29.8 Å². The van der Waals surface area contributed by atoms with Gasteiger partial charge >= 0.3 is 0 Å². The van der Waals surface area contributed by atoms with Crippen LogP contribution in [0.3, 0.4) is 0 Å². The first-order valence-electron chi connectivity index (χ1n) is 6.68. The number of halogens is 1. The van der Waals surface area contributed by atoms with Gasteiger partial charge < -0.3 is 4.74 Å². The topological polar surface area (TPSA) is 9.23 Å². The number of ether oxygens (including phenoxy) is 1. The highest BCUT2D eigenvalue weighted by Crippen LogP contribution is 2.47. The SMILES string of the molecule is BrCC1(CC2CSc3ccccc32)CCCOC1. The summed E-state index contributed by atoms with van der Waals surface area (Å²) in [6.07, 6.45) is 3.79. The van der Waals surface area contributed by atoms with Gasteiger partial charge in [0.1, 0.15) is 0 Å². The molecule has 0 aliphatic carbocycles. The minimum atomic E-state index is 0.362. The third-order valence-electron chi connectivity index (χ3n) is 4.17. The number of benzene rings is 1. The molecule has 2 unspecified atom stereocenters. The highest BCUT2D eigenvalue weighted by molar-refractivity contribution is 9.09. The standard InChI is InChI=1S/C15H19BrOS/c16-10-15(6-3-7-17-11-15)8-12-9-18-14-5-2-1-4-13(12)14/h1-2,4-5,12H,3,6-11H2. The second-order valence-corrected chi connectivity index (χ2v) is 7.16. The number of thioether (sulfide) groups is 1. The van der Waals surface area contributed by atoms with Gasteiger partial charge in [-0.05, 0) is 36.8 Å². The monoisotopic (exact) mass is 326 g/mol. The van der Waals surface area contributed by atoms with Crippen molar-refractivity contribution in [2.24, 2.45) is 5.41 Å². The van der Waals surface area contributed by atoms with Gasteiger partial charge in [-0.2, -0.15) is 0 Å². The van der Waals surface area contributed by atoms with Crippen LogP contribution in [0.25, 0.3) is 0 Å². The Labute approximate surface area is 122 Å². The fourth-order valence-corrected chi connectivity index (χ4v) is 5.08. The van der Waals surface area contributed by atoms with E-state index in [1.165, 1.54) is 29.9 Å². The Bertz CT molecular complexity index is 415. The van der Waals surface area contributed by atoms with Gasteiger partial charge in [0.2, 0.25) is 0 Å². The summed E-state index contributed by atoms with van der Waals surface area (Å²) in [7, 11) is 0. The number of fused-ring (bicyclic) bond motifs is 1. The van der Waals surface area contributed by atoms with E-state index in [4.69, 9.17) is 4.74 Å². The number of rotatable bonds is 3. The zero-order valence-electron chi connectivity index (χ0n) is 10.5. The molecule has 2 atom stereocenters. The molecule has 0 N–H and O–H groups in total. The zero-order chi connectivity index (χ0) is 12.4. The molecule has 1 saturated heterocycles. The Morgan fingerprint density at radius 2 is 2.28 bits per heavy atom. The molecule has 1 fully saturated rings. The summed E-state index contributed by atoms with van der Waals surface area (Å²) in [5, 5.41) is 1.07. The molecule has 2 aliphatic rings. The molecule has 18 heavy (non-hydrogen) atoms. The summed E-state index contributed by atoms with van der Waals surface area (Å²) in [6.45, 7) is 1.88. The number of alkyl halides is 1. The molecule has 1 aromatic rings. The number of hydrogen-bond donors (Lipinski definition) is 0. The highest BCUT2D eigenvalue weighted by atomic mass is 79.9. The molecule has 3 heteroatoms. The maximum absolute atomic E-state index is 5.74. The summed E-state index contributed by atoms with van der Waals surface area (Å²) < 4.78 is 5.74. The first kappa shape index (κ1) is 13.0. The predicted molar refractivity (Wildman–Crippen MR) is 80.8 cm³/mol. The summed E-state index contributed by atoms with van der Waals surface area (Å²) >= 11 is 5.75. The van der Waals surface area contributed by atoms with Crippen molar-refractivity contribution in [2.75, 3.05) is 24.3 Å². The minimum absolute atomic E-state index is 0.362. The van der Waals surface area contributed by atoms with Crippen molar-refractivity contribution < 1.29 is 4.74 Å². The van der Waals surface area contributed by atoms with Crippen LogP contribution < -0.4 is 0 Å². The molecule has 1 aromatic carbocycles. The minimum Gasteiger partial charge on any atom is -0.381 e. The van der Waals surface area contributed by atoms with E-state index >= 15 is 0 Å². The summed E-state index contributed by atoms with van der Waals surface area (Å²) in [6, 6.07) is 8.90. The quantitative estimate of drug-likeness (QED) is 0.758. The Morgan fingerprint density at radius 1 is 1.39 bits per heavy atom. The van der Waals surface area contributed by atoms with Crippen LogP contribution in [0, 0.1) is 5.41 Å². The Hall–Kier alpha value is 0.01000. The fraction of sp³-hybridized carbons (Fsp3) is 0.600. The van der Waals surface area contributed by atoms with E-state index in [1.54, 1.807) is 5.56 Å². The van der Waals surface area contributed by atoms with E-state index in [2.05, 4.69) is 40.2 Å². The van der Waals surface area contributed by atoms with Crippen LogP contribution in [0.5, 0.6) is 0 Å². The summed E-state index contributed by atoms with van der Waals surface area (Å²) in [5.74, 6) is 1.96. The second kappa shape index (κ2) is 5.56. The van der Waals surface area contributed by atoms with Crippen LogP contribution in [0.1, 0.15) is 30.7 Å². The molecule has 2 aliphatic heterocycles. The van der Waals surface area contributed by atoms with Crippen molar-refractivity contribution in [3.8, 4) is 0 Å². The Kier molecular flexibility index (Phi) is 4.02. The molecule has 0 aromatic heterocycles. The van der Waals surface area contributed by atoms with Gasteiger partial charge in [-0.15, -0.1) is 11.8 Å². The average Bonchev–Trinajstić information content (AvgIpc) is 2.83. The van der Waals surface area contributed by atoms with Crippen LogP contribution >= 0.6 is 27.7 Å². The average molecular weight is 327 g/mol. The van der Waals surface area contributed by atoms with Crippen LogP contribution in [-0.4, -0.2) is 24.3 Å². The van der Waals surface area contributed by atoms with Gasteiger partial charge in [0, 0.05) is 28.0 Å². The van der Waals surface area contributed by atoms with Crippen molar-refractivity contribution in [3.63, 3.8) is 0 Å². The van der Waals surface area contributed by atoms with E-state index in [9.17, 15) is 0 Å². The number of hydrogen-bond acceptors (Lipinski definition) is 2. The maximum Gasteiger partial charge on any atom is 0.0530 e. The lowest BCUT2D eigenvalue weighted by Gasteiger charge is -2.37. The van der Waals surface area contributed by atoms with Gasteiger partial charge in [-0.25, -0.2) is 0 Å². The van der Waals surface area contributed by atoms with Crippen LogP contribution in [0.2, 0.25) is 0 Å². The predicted octanol–water partition coefficient (Wildman–Crippen LogP) is 4.46. The van der Waals surface area contributed by atoms with Crippen molar-refractivity contribution >= 4 is 27.7 Å². The van der Waals surface area contributed by atoms with Gasteiger partial charge in [-0.3, -0.25) is 0 Å². The molecule has 0 saturated carbocycles. The molecule has 1 nitrogen and oxygen atoms in total. The Balaban J connectivity index is 1.77. The second-order valence-electron chi connectivity index (χ2n) is 5.54. The van der Waals surface area contributed by atoms with E-state index in [1.807, 2.05) is 11.8 Å². The zero-order valence-corrected chi connectivity index (χ0v) is 12.9. The van der Waals surface area contributed by atoms with E-state index in [0.29, 0.717) is 11.3 Å². The lowest BCUT2D eigenvalue weighted by Crippen LogP contribution is -2.35. The molecule has 0 amide bonds. The summed E-state index contributed by atoms with van der Waals surface area (Å²) in [5.41, 5.74) is 1.93. The smallest absolute Gasteiger partial charge is 0.0530 e. The van der Waals surface area contributed by atoms with Gasteiger partial charge in [-0.1, -0.05) is 34.1 Å². The van der Waals surface area contributed by atoms with Crippen LogP contribution in [0.15, 0.2) is 29.2 Å². The van der Waals surface area contributed by atoms with Crippen molar-refractivity contribution in [1.29, 1.82) is 0 Å². The first-order chi connectivity index (χ1) is 8.83. The molecular weight excluding hydrogens is 308 g/mol. The lowest BCUT2D eigenvalue weighted by atomic mass is 9.76. The highest BCUT2D eigenvalue weighted by Gasteiger charge is 2.36. The molecule has 3 rings (SSSR count). The Morgan fingerprint density at radius 3 is 3.06 bits per heavy atom. The third-order valence-corrected chi connectivity index (χ3v) is 6.61. The van der Waals surface area contributed by atoms with E-state index in [-0.39, 0.29) is 0 Å². The lowest BCUT2D eigenvalue weighted by molar-refractivity contribution is -0.00116. The van der Waals surface area contributed by atoms with Gasteiger partial charge in [0.25, 0.3) is 0 Å². The first-order valence-corrected chi connectivity index (χ1v) is 8.79. The summed E-state index contributed by atoms with van der Waals surface area (Å²) in [4.78, 5) is 1.49. The van der Waals surface area contributed by atoms with E-state index < -0.39 is 0 Å². The molecular formula is C15H19BrOS. The van der Waals surface area contributed by atoms with Crippen molar-refractivity contribution in [2.45, 2.75) is 30.1 Å². The third kappa shape index (κ3) is 2.50. The normalized spacial score (nSPS) is 31.3. The molecule has 0 bridgehead atoms. The molecule has 98 valence electrons. The van der Waals surface area contributed by atoms with Crippen molar-refractivity contribution in [1.82, 2.24) is 0 Å². The molecule has 2 heterocycles. The van der Waals surface area contributed by atoms with Gasteiger partial charge in [0.15, 0.2) is 0 Å². The maximum atomic E-state index is 5.74. The fourth-order valence-electron chi connectivity index (χ4n) is 3.15. The van der Waals surface area contributed by atoms with Crippen LogP contribution in [-0.2, 0) is 4.74 Å². The van der Waals surface area contributed by atoms with Gasteiger partial charge in [0.05, 0.1) is 6.61 Å².